The Morgan fingerprint density at radius 2 is 1.82 bits per heavy atom. The number of hydrogen-bond acceptors (Lipinski definition) is 5. The number of fused-ring (bicyclic) bond motifs is 2. The molecule has 0 unspecified atom stereocenters. The van der Waals surface area contributed by atoms with Crippen LogP contribution in [-0.2, 0) is 23.9 Å². The predicted molar refractivity (Wildman–Crippen MR) is 129 cm³/mol. The first-order chi connectivity index (χ1) is 16.0. The number of carboxylic acid groups (broad SMARTS) is 1. The molecule has 0 saturated heterocycles. The van der Waals surface area contributed by atoms with Gasteiger partial charge in [0, 0.05) is 36.6 Å². The first kappa shape index (κ1) is 25.9. The van der Waals surface area contributed by atoms with Crippen LogP contribution < -0.4 is 0 Å². The van der Waals surface area contributed by atoms with E-state index in [4.69, 9.17) is 9.47 Å². The number of carbonyl (C=O) groups is 3. The molecule has 1 fully saturated rings. The van der Waals surface area contributed by atoms with Crippen LogP contribution in [0.4, 0.5) is 0 Å². The monoisotopic (exact) mass is 471 g/mol. The van der Waals surface area contributed by atoms with Crippen LogP contribution in [0, 0.1) is 16.7 Å². The summed E-state index contributed by atoms with van der Waals surface area (Å²) in [5, 5.41) is 9.57. The number of nitrogens with zero attached hydrogens (tertiary/aromatic N) is 1. The number of carboxylic acids is 1. The molecule has 3 aliphatic rings. The Morgan fingerprint density at radius 1 is 1.15 bits per heavy atom. The van der Waals surface area contributed by atoms with Gasteiger partial charge in [0.25, 0.3) is 5.91 Å². The zero-order chi connectivity index (χ0) is 25.3. The van der Waals surface area contributed by atoms with E-state index in [1.54, 1.807) is 19.3 Å². The van der Waals surface area contributed by atoms with Gasteiger partial charge in [-0.1, -0.05) is 57.6 Å². The van der Waals surface area contributed by atoms with Gasteiger partial charge in [0.2, 0.25) is 0 Å². The highest BCUT2D eigenvalue weighted by molar-refractivity contribution is 6.01. The lowest BCUT2D eigenvalue weighted by Crippen LogP contribution is -2.58. The van der Waals surface area contributed by atoms with Crippen molar-refractivity contribution < 1.29 is 29.0 Å². The van der Waals surface area contributed by atoms with Crippen molar-refractivity contribution in [3.63, 3.8) is 0 Å². The third kappa shape index (κ3) is 4.50. The molecule has 1 saturated carbocycles. The number of aliphatic carboxylic acids is 1. The average Bonchev–Trinajstić information content (AvgIpc) is 3.10. The summed E-state index contributed by atoms with van der Waals surface area (Å²) in [6, 6.07) is -0.956. The molecule has 0 bridgehead atoms. The minimum atomic E-state index is -1.05. The summed E-state index contributed by atoms with van der Waals surface area (Å²) in [6.45, 7) is 9.98. The fourth-order valence-electron chi connectivity index (χ4n) is 6.40. The van der Waals surface area contributed by atoms with Gasteiger partial charge in [0.05, 0.1) is 0 Å². The van der Waals surface area contributed by atoms with Gasteiger partial charge in [-0.05, 0) is 37.7 Å². The Kier molecular flexibility index (Phi) is 7.56. The number of esters is 1. The van der Waals surface area contributed by atoms with E-state index in [0.717, 1.165) is 24.8 Å². The highest BCUT2D eigenvalue weighted by Crippen LogP contribution is 2.62. The number of methoxy groups -OCH3 is 1. The lowest BCUT2D eigenvalue weighted by Gasteiger charge is -2.57. The van der Waals surface area contributed by atoms with Gasteiger partial charge < -0.3 is 19.5 Å². The van der Waals surface area contributed by atoms with E-state index in [-0.39, 0.29) is 23.8 Å². The van der Waals surface area contributed by atoms with Crippen LogP contribution >= 0.6 is 0 Å². The molecule has 0 aromatic heterocycles. The summed E-state index contributed by atoms with van der Waals surface area (Å²) < 4.78 is 12.0. The van der Waals surface area contributed by atoms with E-state index in [9.17, 15) is 19.5 Å². The van der Waals surface area contributed by atoms with Crippen LogP contribution in [0.2, 0.25) is 0 Å². The van der Waals surface area contributed by atoms with E-state index in [1.807, 2.05) is 25.2 Å². The van der Waals surface area contributed by atoms with Gasteiger partial charge in [-0.2, -0.15) is 0 Å². The molecule has 34 heavy (non-hydrogen) atoms. The number of carbonyl (C=O) groups excluding carboxylic acids is 2. The van der Waals surface area contributed by atoms with Crippen LogP contribution in [-0.4, -0.2) is 59.8 Å². The Balaban J connectivity index is 2.03. The van der Waals surface area contributed by atoms with Gasteiger partial charge in [-0.15, -0.1) is 0 Å². The summed E-state index contributed by atoms with van der Waals surface area (Å²) in [4.78, 5) is 39.5. The fraction of sp³-hybridized carbons (Fsp3) is 0.593. The van der Waals surface area contributed by atoms with Crippen molar-refractivity contribution in [2.45, 2.75) is 72.1 Å². The molecular weight excluding hydrogens is 434 g/mol. The summed E-state index contributed by atoms with van der Waals surface area (Å²) >= 11 is 0. The highest BCUT2D eigenvalue weighted by atomic mass is 16.6. The molecular formula is C27H37NO6. The van der Waals surface area contributed by atoms with E-state index >= 15 is 0 Å². The molecule has 0 spiro atoms. The van der Waals surface area contributed by atoms with Crippen molar-refractivity contribution in [2.24, 2.45) is 16.7 Å². The summed E-state index contributed by atoms with van der Waals surface area (Å²) in [7, 11) is 1.55. The third-order valence-electron chi connectivity index (χ3n) is 7.81. The van der Waals surface area contributed by atoms with Gasteiger partial charge >= 0.3 is 11.9 Å². The summed E-state index contributed by atoms with van der Waals surface area (Å²) in [5.74, 6) is -1.91. The van der Waals surface area contributed by atoms with Gasteiger partial charge in [0.15, 0.2) is 0 Å². The molecule has 1 heterocycles. The molecule has 1 amide bonds. The van der Waals surface area contributed by atoms with Gasteiger partial charge in [-0.25, -0.2) is 9.59 Å². The molecule has 2 aliphatic carbocycles. The maximum atomic E-state index is 13.6. The largest absolute Gasteiger partial charge is 0.480 e. The first-order valence-corrected chi connectivity index (χ1v) is 12.0. The van der Waals surface area contributed by atoms with E-state index < -0.39 is 35.6 Å². The highest BCUT2D eigenvalue weighted by Gasteiger charge is 2.63. The van der Waals surface area contributed by atoms with Crippen molar-refractivity contribution in [3.8, 4) is 0 Å². The Labute approximate surface area is 202 Å². The van der Waals surface area contributed by atoms with E-state index in [2.05, 4.69) is 20.8 Å². The van der Waals surface area contributed by atoms with Crippen molar-refractivity contribution in [1.29, 1.82) is 0 Å². The topological polar surface area (TPSA) is 93.1 Å². The predicted octanol–water partition coefficient (Wildman–Crippen LogP) is 4.06. The molecule has 186 valence electrons. The Hall–Kier alpha value is -2.67. The first-order valence-electron chi connectivity index (χ1n) is 12.0. The second-order valence-corrected chi connectivity index (χ2v) is 10.4. The average molecular weight is 472 g/mol. The minimum absolute atomic E-state index is 0.155. The Bertz CT molecular complexity index is 958. The normalized spacial score (nSPS) is 31.9. The number of allylic oxidation sites excluding steroid dienone is 5. The molecule has 5 atom stereocenters. The zero-order valence-electron chi connectivity index (χ0n) is 21.0. The van der Waals surface area contributed by atoms with Crippen molar-refractivity contribution in [1.82, 2.24) is 4.90 Å². The molecule has 0 aromatic carbocycles. The van der Waals surface area contributed by atoms with E-state index in [1.165, 1.54) is 17.9 Å². The van der Waals surface area contributed by atoms with Crippen molar-refractivity contribution in [2.75, 3.05) is 13.7 Å². The molecule has 0 radical (unpaired) electrons. The smallest absolute Gasteiger partial charge is 0.331 e. The zero-order valence-corrected chi connectivity index (χ0v) is 21.0. The fourth-order valence-corrected chi connectivity index (χ4v) is 6.40. The number of ether oxygens (including phenoxy) is 2. The quantitative estimate of drug-likeness (QED) is 0.342. The number of rotatable bonds is 7. The number of hydrogen-bond donors (Lipinski definition) is 1. The SMILES string of the molecule is C/C=C/C=C/C=C/C(=O)O[C@@H]1[C@@H](OC)C2=C(C(=O)N([C@@H](C)C(=O)O)C2)[C@@]2(C)CCCC(C)(C)[C@H]12. The second kappa shape index (κ2) is 9.90. The van der Waals surface area contributed by atoms with Crippen LogP contribution in [0.25, 0.3) is 0 Å². The van der Waals surface area contributed by atoms with Crippen molar-refractivity contribution in [3.05, 3.63) is 47.6 Å². The molecule has 7 nitrogen and oxygen atoms in total. The van der Waals surface area contributed by atoms with Crippen LogP contribution in [0.15, 0.2) is 47.6 Å². The molecule has 1 N–H and O–H groups in total. The molecule has 0 aromatic rings. The van der Waals surface area contributed by atoms with Crippen molar-refractivity contribution >= 4 is 17.8 Å². The molecule has 7 heteroatoms. The summed E-state index contributed by atoms with van der Waals surface area (Å²) in [6.07, 6.45) is 11.8. The van der Waals surface area contributed by atoms with E-state index in [0.29, 0.717) is 5.57 Å². The van der Waals surface area contributed by atoms with Gasteiger partial charge in [0.1, 0.15) is 18.2 Å². The van der Waals surface area contributed by atoms with Crippen LogP contribution in [0.1, 0.15) is 53.9 Å². The molecule has 3 rings (SSSR count). The maximum absolute atomic E-state index is 13.6. The number of amides is 1. The Morgan fingerprint density at radius 3 is 2.44 bits per heavy atom. The lowest BCUT2D eigenvalue weighted by molar-refractivity contribution is -0.173. The summed E-state index contributed by atoms with van der Waals surface area (Å²) in [5.41, 5.74) is 0.639. The second-order valence-electron chi connectivity index (χ2n) is 10.4. The molecule has 1 aliphatic heterocycles. The lowest BCUT2D eigenvalue weighted by atomic mass is 9.49. The minimum Gasteiger partial charge on any atom is -0.480 e. The van der Waals surface area contributed by atoms with Crippen LogP contribution in [0.3, 0.4) is 0 Å². The van der Waals surface area contributed by atoms with Gasteiger partial charge in [-0.3, -0.25) is 4.79 Å². The third-order valence-corrected chi connectivity index (χ3v) is 7.81. The maximum Gasteiger partial charge on any atom is 0.331 e. The standard InChI is InChI=1S/C27H37NO6/c1-7-8-9-10-11-13-19(29)34-22-21(33-6)18-16-28(17(2)25(31)32)24(30)20(18)27(5)15-12-14-26(3,4)23(22)27/h7-11,13,17,21-23H,12,14-16H2,1-6H3,(H,31,32)/b8-7+,10-9+,13-11+/t17-,21-,22+,23-,27+/m0/s1. The van der Waals surface area contributed by atoms with Crippen LogP contribution in [0.5, 0.6) is 0 Å².